The van der Waals surface area contributed by atoms with Crippen LogP contribution in [0.3, 0.4) is 0 Å². The molecule has 3 rings (SSSR count). The van der Waals surface area contributed by atoms with Crippen molar-refractivity contribution in [1.29, 1.82) is 0 Å². The molecule has 23 heavy (non-hydrogen) atoms. The van der Waals surface area contributed by atoms with Gasteiger partial charge in [0.15, 0.2) is 0 Å². The monoisotopic (exact) mass is 320 g/mol. The highest BCUT2D eigenvalue weighted by Gasteiger charge is 2.57. The number of carbonyl (C=O) groups is 1. The van der Waals surface area contributed by atoms with Crippen LogP contribution in [-0.2, 0) is 9.53 Å². The van der Waals surface area contributed by atoms with Gasteiger partial charge >= 0.3 is 0 Å². The second-order valence-electron chi connectivity index (χ2n) is 8.76. The van der Waals surface area contributed by atoms with E-state index in [1.165, 1.54) is 5.57 Å². The number of fused-ring (bicyclic) bond motifs is 5. The van der Waals surface area contributed by atoms with E-state index in [1.807, 2.05) is 13.8 Å². The molecule has 2 aliphatic heterocycles. The van der Waals surface area contributed by atoms with Crippen LogP contribution in [0.5, 0.6) is 0 Å². The fraction of sp³-hybridized carbons (Fsp3) is 0.850. The van der Waals surface area contributed by atoms with Gasteiger partial charge in [-0.25, -0.2) is 0 Å². The maximum absolute atomic E-state index is 12.3. The van der Waals surface area contributed by atoms with E-state index >= 15 is 0 Å². The van der Waals surface area contributed by atoms with Gasteiger partial charge in [-0.05, 0) is 50.4 Å². The van der Waals surface area contributed by atoms with Gasteiger partial charge in [-0.2, -0.15) is 0 Å². The highest BCUT2D eigenvalue weighted by molar-refractivity contribution is 5.80. The number of Topliss-reactive ketones (excluding diaryl/α,β-unsaturated/α-hetero) is 1. The van der Waals surface area contributed by atoms with E-state index in [1.54, 1.807) is 0 Å². The van der Waals surface area contributed by atoms with Gasteiger partial charge in [0.1, 0.15) is 5.78 Å². The number of ether oxygens (including phenoxy) is 1. The van der Waals surface area contributed by atoms with E-state index < -0.39 is 5.60 Å². The average molecular weight is 320 g/mol. The third-order valence-corrected chi connectivity index (χ3v) is 6.73. The van der Waals surface area contributed by atoms with Crippen LogP contribution in [0.25, 0.3) is 0 Å². The van der Waals surface area contributed by atoms with Crippen molar-refractivity contribution in [3.63, 3.8) is 0 Å². The van der Waals surface area contributed by atoms with Gasteiger partial charge in [0, 0.05) is 18.3 Å². The molecule has 3 heteroatoms. The zero-order valence-corrected chi connectivity index (χ0v) is 15.0. The number of hydrogen-bond acceptors (Lipinski definition) is 3. The lowest BCUT2D eigenvalue weighted by molar-refractivity contribution is -0.126. The van der Waals surface area contributed by atoms with Crippen LogP contribution < -0.4 is 0 Å². The van der Waals surface area contributed by atoms with E-state index in [4.69, 9.17) is 4.74 Å². The SMILES string of the molecule is C=C1CCC(C(C)C)C2C1C1CC(C)C(=O)CCC(C)(O)C2O1. The maximum Gasteiger partial charge on any atom is 0.135 e. The zero-order valence-electron chi connectivity index (χ0n) is 15.0. The van der Waals surface area contributed by atoms with Gasteiger partial charge in [0.2, 0.25) is 0 Å². The Morgan fingerprint density at radius 2 is 2.04 bits per heavy atom. The quantitative estimate of drug-likeness (QED) is 0.749. The lowest BCUT2D eigenvalue weighted by atomic mass is 9.61. The normalized spacial score (nSPS) is 47.9. The van der Waals surface area contributed by atoms with Crippen molar-refractivity contribution < 1.29 is 14.6 Å². The number of rotatable bonds is 1. The molecule has 7 unspecified atom stereocenters. The first-order valence-corrected chi connectivity index (χ1v) is 9.30. The van der Waals surface area contributed by atoms with Crippen LogP contribution in [0, 0.1) is 29.6 Å². The van der Waals surface area contributed by atoms with E-state index in [0.29, 0.717) is 36.5 Å². The number of aliphatic hydroxyl groups is 1. The molecule has 0 aromatic rings. The summed E-state index contributed by atoms with van der Waals surface area (Å²) in [5.74, 6) is 2.08. The minimum Gasteiger partial charge on any atom is -0.387 e. The van der Waals surface area contributed by atoms with Crippen LogP contribution in [-0.4, -0.2) is 28.7 Å². The molecule has 3 aliphatic rings. The summed E-state index contributed by atoms with van der Waals surface area (Å²) in [6, 6.07) is 0. The van der Waals surface area contributed by atoms with Crippen LogP contribution in [0.4, 0.5) is 0 Å². The van der Waals surface area contributed by atoms with Crippen molar-refractivity contribution in [2.45, 2.75) is 77.6 Å². The first kappa shape index (κ1) is 17.2. The summed E-state index contributed by atoms with van der Waals surface area (Å²) in [7, 11) is 0. The molecule has 0 radical (unpaired) electrons. The van der Waals surface area contributed by atoms with Crippen molar-refractivity contribution in [3.8, 4) is 0 Å². The molecule has 2 bridgehead atoms. The average Bonchev–Trinajstić information content (AvgIpc) is 2.86. The molecular formula is C20H32O3. The Morgan fingerprint density at radius 1 is 1.35 bits per heavy atom. The molecule has 7 atom stereocenters. The predicted molar refractivity (Wildman–Crippen MR) is 91.0 cm³/mol. The number of hydrogen-bond donors (Lipinski definition) is 1. The third-order valence-electron chi connectivity index (χ3n) is 6.73. The minimum atomic E-state index is -0.928. The van der Waals surface area contributed by atoms with Gasteiger partial charge < -0.3 is 9.84 Å². The molecular weight excluding hydrogens is 288 g/mol. The molecule has 130 valence electrons. The van der Waals surface area contributed by atoms with Gasteiger partial charge in [0.05, 0.1) is 17.8 Å². The Labute approximate surface area is 140 Å². The molecule has 0 aromatic heterocycles. The smallest absolute Gasteiger partial charge is 0.135 e. The molecule has 0 spiro atoms. The van der Waals surface area contributed by atoms with Gasteiger partial charge in [-0.15, -0.1) is 0 Å². The van der Waals surface area contributed by atoms with E-state index in [2.05, 4.69) is 20.4 Å². The third kappa shape index (κ3) is 2.91. The van der Waals surface area contributed by atoms with Crippen molar-refractivity contribution >= 4 is 5.78 Å². The van der Waals surface area contributed by atoms with Gasteiger partial charge in [-0.1, -0.05) is 32.9 Å². The topological polar surface area (TPSA) is 46.5 Å². The van der Waals surface area contributed by atoms with Gasteiger partial charge in [0.25, 0.3) is 0 Å². The summed E-state index contributed by atoms with van der Waals surface area (Å²) in [6.07, 6.45) is 3.83. The van der Waals surface area contributed by atoms with Crippen LogP contribution in [0.1, 0.15) is 59.8 Å². The largest absolute Gasteiger partial charge is 0.387 e. The Kier molecular flexibility index (Phi) is 4.48. The second-order valence-corrected chi connectivity index (χ2v) is 8.76. The first-order valence-electron chi connectivity index (χ1n) is 9.30. The fourth-order valence-corrected chi connectivity index (χ4v) is 5.32. The van der Waals surface area contributed by atoms with Crippen LogP contribution in [0.15, 0.2) is 12.2 Å². The molecule has 0 amide bonds. The summed E-state index contributed by atoms with van der Waals surface area (Å²) in [4.78, 5) is 12.3. The first-order chi connectivity index (χ1) is 10.7. The summed E-state index contributed by atoms with van der Waals surface area (Å²) in [5, 5.41) is 11.1. The summed E-state index contributed by atoms with van der Waals surface area (Å²) < 4.78 is 6.45. The molecule has 1 saturated carbocycles. The number of carbonyl (C=O) groups excluding carboxylic acids is 1. The molecule has 3 nitrogen and oxygen atoms in total. The number of ketones is 1. The second kappa shape index (κ2) is 6.00. The minimum absolute atomic E-state index is 0.0144. The van der Waals surface area contributed by atoms with Gasteiger partial charge in [-0.3, -0.25) is 4.79 Å². The van der Waals surface area contributed by atoms with Crippen LogP contribution in [0.2, 0.25) is 0 Å². The lowest BCUT2D eigenvalue weighted by Gasteiger charge is -2.43. The molecule has 0 aromatic carbocycles. The Hall–Kier alpha value is -0.670. The molecule has 1 aliphatic carbocycles. The zero-order chi connectivity index (χ0) is 16.9. The standard InChI is InChI=1S/C20H32O3/c1-11(2)14-7-6-12(3)17-16-10-13(4)15(21)8-9-20(5,22)19(23-16)18(14)17/h11,13-14,16-19,22H,3,6-10H2,1-2,4-5H3. The van der Waals surface area contributed by atoms with Crippen molar-refractivity contribution in [2.75, 3.05) is 0 Å². The van der Waals surface area contributed by atoms with E-state index in [-0.39, 0.29) is 23.9 Å². The molecule has 2 saturated heterocycles. The van der Waals surface area contributed by atoms with Crippen LogP contribution >= 0.6 is 0 Å². The summed E-state index contributed by atoms with van der Waals surface area (Å²) in [6.45, 7) is 12.8. The van der Waals surface area contributed by atoms with E-state index in [0.717, 1.165) is 19.3 Å². The van der Waals surface area contributed by atoms with Crippen molar-refractivity contribution in [2.24, 2.45) is 29.6 Å². The summed E-state index contributed by atoms with van der Waals surface area (Å²) >= 11 is 0. The highest BCUT2D eigenvalue weighted by Crippen LogP contribution is 2.54. The predicted octanol–water partition coefficient (Wildman–Crippen LogP) is 3.75. The highest BCUT2D eigenvalue weighted by atomic mass is 16.5. The Bertz CT molecular complexity index is 493. The van der Waals surface area contributed by atoms with E-state index in [9.17, 15) is 9.90 Å². The summed E-state index contributed by atoms with van der Waals surface area (Å²) in [5.41, 5.74) is 0.345. The Morgan fingerprint density at radius 3 is 2.70 bits per heavy atom. The molecule has 3 fully saturated rings. The fourth-order valence-electron chi connectivity index (χ4n) is 5.32. The lowest BCUT2D eigenvalue weighted by Crippen LogP contribution is -2.48. The maximum atomic E-state index is 12.3. The molecule has 2 heterocycles. The van der Waals surface area contributed by atoms with Crippen molar-refractivity contribution in [1.82, 2.24) is 0 Å². The molecule has 1 N–H and O–H groups in total. The Balaban J connectivity index is 2.01. The van der Waals surface area contributed by atoms with Crippen molar-refractivity contribution in [3.05, 3.63) is 12.2 Å².